The van der Waals surface area contributed by atoms with Crippen molar-refractivity contribution in [2.24, 2.45) is 0 Å². The predicted octanol–water partition coefficient (Wildman–Crippen LogP) is 4.65. The molecule has 5 nitrogen and oxygen atoms in total. The molecular formula is C19H15BrN2O3. The van der Waals surface area contributed by atoms with Gasteiger partial charge in [0.25, 0.3) is 5.91 Å². The fraction of sp³-hybridized carbons (Fsp3) is 0.0526. The molecule has 6 heteroatoms. The number of rotatable bonds is 6. The SMILES string of the molecule is O=C(COc1ccc(Oc2ccccn2)cc1)Nc1ccc(Br)cc1. The standard InChI is InChI=1S/C19H15BrN2O3/c20-14-4-6-15(7-5-14)22-18(23)13-24-16-8-10-17(11-9-16)25-19-3-1-2-12-21-19/h1-12H,13H2,(H,22,23). The molecule has 0 atom stereocenters. The fourth-order valence-electron chi connectivity index (χ4n) is 2.01. The average molecular weight is 399 g/mol. The minimum atomic E-state index is -0.226. The Bertz CT molecular complexity index is 822. The summed E-state index contributed by atoms with van der Waals surface area (Å²) in [5.41, 5.74) is 0.718. The summed E-state index contributed by atoms with van der Waals surface area (Å²) in [4.78, 5) is 16.0. The molecule has 2 aromatic carbocycles. The van der Waals surface area contributed by atoms with Gasteiger partial charge in [0.1, 0.15) is 11.5 Å². The van der Waals surface area contributed by atoms with E-state index in [-0.39, 0.29) is 12.5 Å². The summed E-state index contributed by atoms with van der Waals surface area (Å²) in [6.45, 7) is -0.0729. The van der Waals surface area contributed by atoms with Gasteiger partial charge in [0.2, 0.25) is 5.88 Å². The molecule has 0 saturated carbocycles. The van der Waals surface area contributed by atoms with E-state index in [9.17, 15) is 4.79 Å². The van der Waals surface area contributed by atoms with Crippen molar-refractivity contribution in [2.45, 2.75) is 0 Å². The van der Waals surface area contributed by atoms with Gasteiger partial charge in [-0.1, -0.05) is 22.0 Å². The Morgan fingerprint density at radius 2 is 1.68 bits per heavy atom. The lowest BCUT2D eigenvalue weighted by atomic mass is 10.3. The molecule has 0 aliphatic rings. The number of anilines is 1. The van der Waals surface area contributed by atoms with Gasteiger partial charge in [0.15, 0.2) is 6.61 Å². The number of carbonyl (C=O) groups excluding carboxylic acids is 1. The van der Waals surface area contributed by atoms with Gasteiger partial charge in [-0.15, -0.1) is 0 Å². The highest BCUT2D eigenvalue weighted by atomic mass is 79.9. The zero-order valence-electron chi connectivity index (χ0n) is 13.2. The van der Waals surface area contributed by atoms with Crippen LogP contribution in [0.15, 0.2) is 77.4 Å². The molecule has 0 fully saturated rings. The second-order valence-electron chi connectivity index (χ2n) is 5.09. The topological polar surface area (TPSA) is 60.5 Å². The molecule has 126 valence electrons. The van der Waals surface area contributed by atoms with Gasteiger partial charge in [-0.25, -0.2) is 4.98 Å². The van der Waals surface area contributed by atoms with Crippen molar-refractivity contribution in [3.05, 3.63) is 77.4 Å². The number of benzene rings is 2. The van der Waals surface area contributed by atoms with Crippen molar-refractivity contribution in [1.82, 2.24) is 4.98 Å². The highest BCUT2D eigenvalue weighted by Gasteiger charge is 2.04. The minimum absolute atomic E-state index is 0.0729. The third kappa shape index (κ3) is 5.32. The van der Waals surface area contributed by atoms with Gasteiger partial charge in [-0.05, 0) is 54.6 Å². The fourth-order valence-corrected chi connectivity index (χ4v) is 2.28. The highest BCUT2D eigenvalue weighted by molar-refractivity contribution is 9.10. The van der Waals surface area contributed by atoms with Gasteiger partial charge in [0.05, 0.1) is 0 Å². The molecule has 25 heavy (non-hydrogen) atoms. The summed E-state index contributed by atoms with van der Waals surface area (Å²) in [5, 5.41) is 2.77. The first-order chi connectivity index (χ1) is 12.2. The molecule has 0 aliphatic carbocycles. The van der Waals surface area contributed by atoms with Gasteiger partial charge in [-0.3, -0.25) is 4.79 Å². The van der Waals surface area contributed by atoms with Crippen LogP contribution in [0.25, 0.3) is 0 Å². The Morgan fingerprint density at radius 3 is 2.36 bits per heavy atom. The normalized spacial score (nSPS) is 10.1. The molecule has 0 bridgehead atoms. The molecule has 1 heterocycles. The molecule has 1 aromatic heterocycles. The Kier molecular flexibility index (Phi) is 5.64. The number of amides is 1. The summed E-state index contributed by atoms with van der Waals surface area (Å²) >= 11 is 3.35. The Hall–Kier alpha value is -2.86. The van der Waals surface area contributed by atoms with Crippen molar-refractivity contribution in [2.75, 3.05) is 11.9 Å². The first-order valence-corrected chi connectivity index (χ1v) is 8.35. The zero-order valence-corrected chi connectivity index (χ0v) is 14.8. The van der Waals surface area contributed by atoms with Crippen LogP contribution in [-0.2, 0) is 4.79 Å². The number of hydrogen-bond acceptors (Lipinski definition) is 4. The van der Waals surface area contributed by atoms with Crippen molar-refractivity contribution in [1.29, 1.82) is 0 Å². The van der Waals surface area contributed by atoms with E-state index in [1.54, 1.807) is 36.5 Å². The number of carbonyl (C=O) groups is 1. The largest absolute Gasteiger partial charge is 0.484 e. The van der Waals surface area contributed by atoms with Crippen LogP contribution in [-0.4, -0.2) is 17.5 Å². The number of nitrogens with one attached hydrogen (secondary N) is 1. The molecule has 3 rings (SSSR count). The molecule has 1 N–H and O–H groups in total. The summed E-state index contributed by atoms with van der Waals surface area (Å²) in [7, 11) is 0. The smallest absolute Gasteiger partial charge is 0.262 e. The van der Waals surface area contributed by atoms with Crippen LogP contribution in [0.5, 0.6) is 17.4 Å². The predicted molar refractivity (Wildman–Crippen MR) is 99.0 cm³/mol. The van der Waals surface area contributed by atoms with E-state index in [0.717, 1.165) is 10.2 Å². The van der Waals surface area contributed by atoms with Crippen LogP contribution in [0, 0.1) is 0 Å². The molecule has 1 amide bonds. The lowest BCUT2D eigenvalue weighted by molar-refractivity contribution is -0.118. The summed E-state index contributed by atoms with van der Waals surface area (Å²) < 4.78 is 12.0. The van der Waals surface area contributed by atoms with Gasteiger partial charge >= 0.3 is 0 Å². The lowest BCUT2D eigenvalue weighted by Gasteiger charge is -2.09. The summed E-state index contributed by atoms with van der Waals surface area (Å²) in [6.07, 6.45) is 1.66. The molecule has 0 aliphatic heterocycles. The maximum Gasteiger partial charge on any atom is 0.262 e. The molecule has 0 saturated heterocycles. The van der Waals surface area contributed by atoms with Crippen molar-refractivity contribution >= 4 is 27.5 Å². The van der Waals surface area contributed by atoms with E-state index in [2.05, 4.69) is 26.2 Å². The summed E-state index contributed by atoms with van der Waals surface area (Å²) in [6, 6.07) is 19.8. The average Bonchev–Trinajstić information content (AvgIpc) is 2.64. The van der Waals surface area contributed by atoms with Gasteiger partial charge < -0.3 is 14.8 Å². The first-order valence-electron chi connectivity index (χ1n) is 7.56. The first kappa shape index (κ1) is 17.0. The quantitative estimate of drug-likeness (QED) is 0.656. The maximum atomic E-state index is 11.9. The van der Waals surface area contributed by atoms with E-state index in [1.165, 1.54) is 0 Å². The number of pyridine rings is 1. The van der Waals surface area contributed by atoms with Crippen LogP contribution in [0.3, 0.4) is 0 Å². The van der Waals surface area contributed by atoms with Crippen LogP contribution >= 0.6 is 15.9 Å². The molecule has 0 spiro atoms. The van der Waals surface area contributed by atoms with E-state index in [1.807, 2.05) is 36.4 Å². The van der Waals surface area contributed by atoms with Crippen molar-refractivity contribution in [3.8, 4) is 17.4 Å². The molecule has 3 aromatic rings. The van der Waals surface area contributed by atoms with Crippen molar-refractivity contribution < 1.29 is 14.3 Å². The molecule has 0 unspecified atom stereocenters. The third-order valence-corrected chi connectivity index (χ3v) is 3.71. The molecule has 0 radical (unpaired) electrons. The monoisotopic (exact) mass is 398 g/mol. The van der Waals surface area contributed by atoms with E-state index in [0.29, 0.717) is 17.4 Å². The van der Waals surface area contributed by atoms with E-state index >= 15 is 0 Å². The maximum absolute atomic E-state index is 11.9. The minimum Gasteiger partial charge on any atom is -0.484 e. The second kappa shape index (κ2) is 8.30. The van der Waals surface area contributed by atoms with Crippen LogP contribution in [0.1, 0.15) is 0 Å². The Morgan fingerprint density at radius 1 is 0.960 bits per heavy atom. The van der Waals surface area contributed by atoms with Gasteiger partial charge in [0, 0.05) is 22.4 Å². The molecular weight excluding hydrogens is 384 g/mol. The number of nitrogens with zero attached hydrogens (tertiary/aromatic N) is 1. The second-order valence-corrected chi connectivity index (χ2v) is 6.00. The van der Waals surface area contributed by atoms with Crippen molar-refractivity contribution in [3.63, 3.8) is 0 Å². The Labute approximate surface area is 153 Å². The highest BCUT2D eigenvalue weighted by Crippen LogP contribution is 2.22. The zero-order chi connectivity index (χ0) is 17.5. The van der Waals surface area contributed by atoms with E-state index in [4.69, 9.17) is 9.47 Å². The van der Waals surface area contributed by atoms with Crippen LogP contribution in [0.4, 0.5) is 5.69 Å². The van der Waals surface area contributed by atoms with Crippen LogP contribution < -0.4 is 14.8 Å². The number of aromatic nitrogens is 1. The third-order valence-electron chi connectivity index (χ3n) is 3.18. The van der Waals surface area contributed by atoms with Gasteiger partial charge in [-0.2, -0.15) is 0 Å². The van der Waals surface area contributed by atoms with Crippen LogP contribution in [0.2, 0.25) is 0 Å². The lowest BCUT2D eigenvalue weighted by Crippen LogP contribution is -2.20. The Balaban J connectivity index is 1.49. The number of hydrogen-bond donors (Lipinski definition) is 1. The number of ether oxygens (including phenoxy) is 2. The summed E-state index contributed by atoms with van der Waals surface area (Å²) in [5.74, 6) is 1.52. The number of halogens is 1. The van der Waals surface area contributed by atoms with E-state index < -0.39 is 0 Å².